The Balaban J connectivity index is 2.06. The summed E-state index contributed by atoms with van der Waals surface area (Å²) in [6, 6.07) is 22.8. The van der Waals surface area contributed by atoms with Crippen molar-refractivity contribution in [1.29, 1.82) is 0 Å². The molecule has 1 saturated heterocycles. The van der Waals surface area contributed by atoms with Gasteiger partial charge in [-0.15, -0.1) is 0 Å². The van der Waals surface area contributed by atoms with Crippen LogP contribution in [0.1, 0.15) is 6.42 Å². The zero-order valence-electron chi connectivity index (χ0n) is 9.39. The van der Waals surface area contributed by atoms with Crippen molar-refractivity contribution in [2.75, 3.05) is 0 Å². The second kappa shape index (κ2) is 4.26. The first-order valence-corrected chi connectivity index (χ1v) is 8.30. The highest BCUT2D eigenvalue weighted by Gasteiger charge is 2.23. The average molecular weight is 224 g/mol. The lowest BCUT2D eigenvalue weighted by atomic mass is 10.1. The van der Waals surface area contributed by atoms with Gasteiger partial charge in [0.2, 0.25) is 0 Å². The number of hydrogen-bond donors (Lipinski definition) is 0. The number of benzene rings is 2. The second-order valence-electron chi connectivity index (χ2n) is 4.58. The molecule has 0 bridgehead atoms. The topological polar surface area (TPSA) is 0 Å². The van der Waals surface area contributed by atoms with Crippen LogP contribution < -0.4 is 5.19 Å². The van der Waals surface area contributed by atoms with Gasteiger partial charge in [-0.3, -0.25) is 0 Å². The highest BCUT2D eigenvalue weighted by atomic mass is 28.3. The SMILES string of the molecule is c1ccc(-c2ccccc2[SiH]2CCC2)cc1. The van der Waals surface area contributed by atoms with Crippen molar-refractivity contribution < 1.29 is 0 Å². The van der Waals surface area contributed by atoms with Crippen molar-refractivity contribution in [2.45, 2.75) is 18.5 Å². The number of rotatable bonds is 2. The summed E-state index contributed by atoms with van der Waals surface area (Å²) in [7, 11) is -0.568. The molecule has 1 fully saturated rings. The fourth-order valence-corrected chi connectivity index (χ4v) is 4.98. The van der Waals surface area contributed by atoms with Gasteiger partial charge in [0.25, 0.3) is 0 Å². The summed E-state index contributed by atoms with van der Waals surface area (Å²) < 4.78 is 0. The summed E-state index contributed by atoms with van der Waals surface area (Å²) in [5.74, 6) is 0. The van der Waals surface area contributed by atoms with E-state index in [2.05, 4.69) is 54.6 Å². The van der Waals surface area contributed by atoms with Crippen molar-refractivity contribution in [3.05, 3.63) is 54.6 Å². The van der Waals surface area contributed by atoms with E-state index >= 15 is 0 Å². The molecular formula is C15H16Si. The van der Waals surface area contributed by atoms with Gasteiger partial charge >= 0.3 is 0 Å². The summed E-state index contributed by atoms with van der Waals surface area (Å²) in [4.78, 5) is 0. The number of hydrogen-bond acceptors (Lipinski definition) is 0. The first kappa shape index (κ1) is 9.85. The minimum Gasteiger partial charge on any atom is -0.0627 e. The van der Waals surface area contributed by atoms with Crippen molar-refractivity contribution in [1.82, 2.24) is 0 Å². The van der Waals surface area contributed by atoms with E-state index < -0.39 is 8.80 Å². The first-order valence-electron chi connectivity index (χ1n) is 6.09. The predicted molar refractivity (Wildman–Crippen MR) is 72.9 cm³/mol. The molecule has 2 aromatic carbocycles. The molecule has 1 heteroatoms. The van der Waals surface area contributed by atoms with E-state index in [1.54, 1.807) is 5.19 Å². The molecule has 16 heavy (non-hydrogen) atoms. The molecule has 80 valence electrons. The lowest BCUT2D eigenvalue weighted by Crippen LogP contribution is -2.37. The quantitative estimate of drug-likeness (QED) is 0.687. The Morgan fingerprint density at radius 2 is 1.44 bits per heavy atom. The van der Waals surface area contributed by atoms with Gasteiger partial charge in [0.15, 0.2) is 0 Å². The largest absolute Gasteiger partial charge is 0.0716 e. The van der Waals surface area contributed by atoms with Crippen LogP contribution in [0.4, 0.5) is 0 Å². The molecule has 0 radical (unpaired) electrons. The Kier molecular flexibility index (Phi) is 2.62. The third kappa shape index (κ3) is 1.72. The zero-order chi connectivity index (χ0) is 10.8. The van der Waals surface area contributed by atoms with E-state index in [1.807, 2.05) is 0 Å². The normalized spacial score (nSPS) is 15.8. The van der Waals surface area contributed by atoms with Gasteiger partial charge in [-0.05, 0) is 11.1 Å². The predicted octanol–water partition coefficient (Wildman–Crippen LogP) is 3.19. The standard InChI is InChI=1S/C15H16Si/c1-2-7-13(8-3-1)14-9-4-5-10-15(14)16-11-6-12-16/h1-5,7-10,16H,6,11-12H2. The summed E-state index contributed by atoms with van der Waals surface area (Å²) in [5.41, 5.74) is 2.87. The van der Waals surface area contributed by atoms with Crippen LogP contribution in [0.5, 0.6) is 0 Å². The summed E-state index contributed by atoms with van der Waals surface area (Å²) in [6.45, 7) is 0. The Hall–Kier alpha value is -1.34. The van der Waals surface area contributed by atoms with E-state index in [-0.39, 0.29) is 0 Å². The lowest BCUT2D eigenvalue weighted by Gasteiger charge is -2.26. The van der Waals surface area contributed by atoms with Crippen LogP contribution in [0.2, 0.25) is 12.1 Å². The molecule has 1 aliphatic rings. The van der Waals surface area contributed by atoms with Gasteiger partial charge in [0.1, 0.15) is 0 Å². The smallest absolute Gasteiger partial charge is 0.0627 e. The fraction of sp³-hybridized carbons (Fsp3) is 0.200. The van der Waals surface area contributed by atoms with Gasteiger partial charge < -0.3 is 0 Å². The molecule has 0 saturated carbocycles. The summed E-state index contributed by atoms with van der Waals surface area (Å²) >= 11 is 0. The summed E-state index contributed by atoms with van der Waals surface area (Å²) in [5, 5.41) is 1.68. The first-order chi connectivity index (χ1) is 7.95. The van der Waals surface area contributed by atoms with Crippen LogP contribution in [0.15, 0.2) is 54.6 Å². The van der Waals surface area contributed by atoms with Crippen LogP contribution in [0.25, 0.3) is 11.1 Å². The van der Waals surface area contributed by atoms with E-state index in [1.165, 1.54) is 29.6 Å². The van der Waals surface area contributed by atoms with E-state index in [9.17, 15) is 0 Å². The van der Waals surface area contributed by atoms with Crippen LogP contribution >= 0.6 is 0 Å². The maximum absolute atomic E-state index is 2.36. The lowest BCUT2D eigenvalue weighted by molar-refractivity contribution is 0.951. The van der Waals surface area contributed by atoms with Crippen molar-refractivity contribution in [3.8, 4) is 11.1 Å². The van der Waals surface area contributed by atoms with Gasteiger partial charge in [-0.2, -0.15) is 0 Å². The Bertz CT molecular complexity index is 472. The molecule has 0 unspecified atom stereocenters. The van der Waals surface area contributed by atoms with Crippen LogP contribution in [0.3, 0.4) is 0 Å². The van der Waals surface area contributed by atoms with Crippen molar-refractivity contribution in [2.24, 2.45) is 0 Å². The summed E-state index contributed by atoms with van der Waals surface area (Å²) in [6.07, 6.45) is 1.46. The Morgan fingerprint density at radius 1 is 0.750 bits per heavy atom. The van der Waals surface area contributed by atoms with Gasteiger partial charge in [0, 0.05) is 0 Å². The van der Waals surface area contributed by atoms with Gasteiger partial charge in [0.05, 0.1) is 8.80 Å². The van der Waals surface area contributed by atoms with Crippen LogP contribution in [0, 0.1) is 0 Å². The second-order valence-corrected chi connectivity index (χ2v) is 7.75. The molecule has 1 aliphatic heterocycles. The fourth-order valence-electron chi connectivity index (χ4n) is 2.45. The van der Waals surface area contributed by atoms with Crippen molar-refractivity contribution in [3.63, 3.8) is 0 Å². The van der Waals surface area contributed by atoms with Gasteiger partial charge in [-0.25, -0.2) is 0 Å². The van der Waals surface area contributed by atoms with Crippen molar-refractivity contribution >= 4 is 14.0 Å². The average Bonchev–Trinajstić information content (AvgIpc) is 2.29. The third-order valence-corrected chi connectivity index (χ3v) is 7.18. The molecule has 0 N–H and O–H groups in total. The molecule has 0 nitrogen and oxygen atoms in total. The highest BCUT2D eigenvalue weighted by Crippen LogP contribution is 2.25. The third-order valence-electron chi connectivity index (χ3n) is 3.59. The molecule has 0 aromatic heterocycles. The minimum absolute atomic E-state index is 0.568. The van der Waals surface area contributed by atoms with Crippen LogP contribution in [-0.2, 0) is 0 Å². The van der Waals surface area contributed by atoms with Crippen LogP contribution in [-0.4, -0.2) is 8.80 Å². The zero-order valence-corrected chi connectivity index (χ0v) is 10.5. The molecule has 0 amide bonds. The van der Waals surface area contributed by atoms with E-state index in [0.29, 0.717) is 0 Å². The molecule has 2 aromatic rings. The molecule has 0 aliphatic carbocycles. The molecular weight excluding hydrogens is 208 g/mol. The maximum Gasteiger partial charge on any atom is 0.0716 e. The monoisotopic (exact) mass is 224 g/mol. The minimum atomic E-state index is -0.568. The molecule has 0 atom stereocenters. The van der Waals surface area contributed by atoms with E-state index in [4.69, 9.17) is 0 Å². The molecule has 1 heterocycles. The molecule has 0 spiro atoms. The Labute approximate surface area is 98.6 Å². The highest BCUT2D eigenvalue weighted by molar-refractivity contribution is 6.76. The maximum atomic E-state index is 2.36. The van der Waals surface area contributed by atoms with E-state index in [0.717, 1.165) is 0 Å². The Morgan fingerprint density at radius 3 is 2.12 bits per heavy atom. The molecule has 3 rings (SSSR count). The van der Waals surface area contributed by atoms with Gasteiger partial charge in [-0.1, -0.05) is 78.3 Å².